The molecule has 0 aromatic carbocycles. The van der Waals surface area contributed by atoms with Crippen molar-refractivity contribution in [2.75, 3.05) is 25.0 Å². The molecule has 1 aliphatic heterocycles. The molecule has 0 amide bonds. The average Bonchev–Trinajstić information content (AvgIpc) is 2.65. The third-order valence-electron chi connectivity index (χ3n) is 3.58. The van der Waals surface area contributed by atoms with Crippen LogP contribution in [0.1, 0.15) is 32.1 Å². The minimum absolute atomic E-state index is 0.766. The van der Waals surface area contributed by atoms with Crippen molar-refractivity contribution in [2.24, 2.45) is 5.41 Å². The van der Waals surface area contributed by atoms with Gasteiger partial charge in [-0.3, -0.25) is 0 Å². The molecule has 1 heterocycles. The van der Waals surface area contributed by atoms with Crippen LogP contribution in [0.5, 0.6) is 0 Å². The van der Waals surface area contributed by atoms with Crippen molar-refractivity contribution in [3.8, 4) is 0 Å². The minimum atomic E-state index is 0.766. The maximum absolute atomic E-state index is 3.51. The maximum Gasteiger partial charge on any atom is 0.0159 e. The Hall–Kier alpha value is 0.440. The van der Waals surface area contributed by atoms with E-state index in [1.54, 1.807) is 0 Å². The Bertz CT molecular complexity index is 152. The summed E-state index contributed by atoms with van der Waals surface area (Å²) >= 11 is 3.51. The van der Waals surface area contributed by atoms with Gasteiger partial charge in [-0.2, -0.15) is 0 Å². The molecule has 1 saturated carbocycles. The van der Waals surface area contributed by atoms with Gasteiger partial charge in [0.05, 0.1) is 0 Å². The first-order valence-corrected chi connectivity index (χ1v) is 6.25. The van der Waals surface area contributed by atoms with Crippen LogP contribution in [0.25, 0.3) is 0 Å². The topological polar surface area (TPSA) is 3.24 Å². The third kappa shape index (κ3) is 1.69. The zero-order valence-corrected chi connectivity index (χ0v) is 9.28. The summed E-state index contributed by atoms with van der Waals surface area (Å²) in [5, 5.41) is 1.14. The molecule has 0 bridgehead atoms. The molecule has 0 atom stereocenters. The number of rotatable bonds is 2. The van der Waals surface area contributed by atoms with E-state index in [1.165, 1.54) is 51.7 Å². The van der Waals surface area contributed by atoms with Crippen molar-refractivity contribution in [1.29, 1.82) is 0 Å². The summed E-state index contributed by atoms with van der Waals surface area (Å²) in [6.45, 7) is 3.99. The molecule has 70 valence electrons. The van der Waals surface area contributed by atoms with E-state index in [2.05, 4.69) is 20.8 Å². The molecule has 0 aromatic rings. The first-order valence-electron chi connectivity index (χ1n) is 5.13. The summed E-state index contributed by atoms with van der Waals surface area (Å²) in [6, 6.07) is 0. The SMILES string of the molecule is BrCCN1CCC2(CCCC2)C1. The van der Waals surface area contributed by atoms with E-state index < -0.39 is 0 Å². The number of nitrogens with zero attached hydrogens (tertiary/aromatic N) is 1. The Morgan fingerprint density at radius 2 is 1.92 bits per heavy atom. The Balaban J connectivity index is 1.88. The van der Waals surface area contributed by atoms with Crippen LogP contribution in [0.4, 0.5) is 0 Å². The molecule has 1 spiro atoms. The van der Waals surface area contributed by atoms with Gasteiger partial charge in [-0.25, -0.2) is 0 Å². The highest BCUT2D eigenvalue weighted by Gasteiger charge is 2.39. The van der Waals surface area contributed by atoms with Gasteiger partial charge in [-0.05, 0) is 31.2 Å². The number of halogens is 1. The van der Waals surface area contributed by atoms with E-state index in [9.17, 15) is 0 Å². The quantitative estimate of drug-likeness (QED) is 0.661. The van der Waals surface area contributed by atoms with Gasteiger partial charge in [0.1, 0.15) is 0 Å². The Morgan fingerprint density at radius 3 is 2.58 bits per heavy atom. The van der Waals surface area contributed by atoms with Crippen LogP contribution in [-0.2, 0) is 0 Å². The normalized spacial score (nSPS) is 28.8. The van der Waals surface area contributed by atoms with Gasteiger partial charge in [0.2, 0.25) is 0 Å². The lowest BCUT2D eigenvalue weighted by molar-refractivity contribution is 0.271. The zero-order chi connectivity index (χ0) is 8.44. The molecule has 0 unspecified atom stereocenters. The molecule has 2 rings (SSSR count). The van der Waals surface area contributed by atoms with Crippen LogP contribution in [0, 0.1) is 5.41 Å². The molecular formula is C10H18BrN. The van der Waals surface area contributed by atoms with Gasteiger partial charge in [-0.1, -0.05) is 28.8 Å². The summed E-state index contributed by atoms with van der Waals surface area (Å²) in [4.78, 5) is 2.63. The molecule has 2 heteroatoms. The monoisotopic (exact) mass is 231 g/mol. The summed E-state index contributed by atoms with van der Waals surface area (Å²) in [7, 11) is 0. The van der Waals surface area contributed by atoms with Crippen molar-refractivity contribution in [1.82, 2.24) is 4.90 Å². The summed E-state index contributed by atoms with van der Waals surface area (Å²) in [5.41, 5.74) is 0.766. The maximum atomic E-state index is 3.51. The summed E-state index contributed by atoms with van der Waals surface area (Å²) in [6.07, 6.45) is 7.46. The highest BCUT2D eigenvalue weighted by Crippen LogP contribution is 2.45. The van der Waals surface area contributed by atoms with E-state index >= 15 is 0 Å². The Kier molecular flexibility index (Phi) is 2.75. The third-order valence-corrected chi connectivity index (χ3v) is 3.94. The molecular weight excluding hydrogens is 214 g/mol. The van der Waals surface area contributed by atoms with Gasteiger partial charge in [-0.15, -0.1) is 0 Å². The van der Waals surface area contributed by atoms with Gasteiger partial charge in [0.25, 0.3) is 0 Å². The van der Waals surface area contributed by atoms with Crippen LogP contribution < -0.4 is 0 Å². The van der Waals surface area contributed by atoms with E-state index in [4.69, 9.17) is 0 Å². The second kappa shape index (κ2) is 3.67. The van der Waals surface area contributed by atoms with Gasteiger partial charge in [0, 0.05) is 18.4 Å². The molecule has 0 aromatic heterocycles. The smallest absolute Gasteiger partial charge is 0.0159 e. The Morgan fingerprint density at radius 1 is 1.17 bits per heavy atom. The molecule has 2 aliphatic rings. The zero-order valence-electron chi connectivity index (χ0n) is 7.69. The first kappa shape index (κ1) is 9.01. The molecule has 2 fully saturated rings. The van der Waals surface area contributed by atoms with Crippen LogP contribution in [-0.4, -0.2) is 29.9 Å². The predicted molar refractivity (Wildman–Crippen MR) is 55.8 cm³/mol. The van der Waals surface area contributed by atoms with Crippen LogP contribution in [0.3, 0.4) is 0 Å². The van der Waals surface area contributed by atoms with Crippen molar-refractivity contribution in [3.63, 3.8) is 0 Å². The molecule has 1 aliphatic carbocycles. The lowest BCUT2D eigenvalue weighted by Gasteiger charge is -2.23. The van der Waals surface area contributed by atoms with Gasteiger partial charge < -0.3 is 4.90 Å². The van der Waals surface area contributed by atoms with Gasteiger partial charge >= 0.3 is 0 Å². The number of alkyl halides is 1. The average molecular weight is 232 g/mol. The fourth-order valence-corrected chi connectivity index (χ4v) is 3.37. The van der Waals surface area contributed by atoms with Crippen molar-refractivity contribution >= 4 is 15.9 Å². The summed E-state index contributed by atoms with van der Waals surface area (Å²) < 4.78 is 0. The van der Waals surface area contributed by atoms with E-state index in [-0.39, 0.29) is 0 Å². The molecule has 0 N–H and O–H groups in total. The second-order valence-electron chi connectivity index (χ2n) is 4.42. The fraction of sp³-hybridized carbons (Fsp3) is 1.00. The number of hydrogen-bond donors (Lipinski definition) is 0. The number of hydrogen-bond acceptors (Lipinski definition) is 1. The largest absolute Gasteiger partial charge is 0.302 e. The molecule has 0 radical (unpaired) electrons. The van der Waals surface area contributed by atoms with E-state index in [1.807, 2.05) is 0 Å². The minimum Gasteiger partial charge on any atom is -0.302 e. The molecule has 1 nitrogen and oxygen atoms in total. The van der Waals surface area contributed by atoms with Crippen LogP contribution >= 0.6 is 15.9 Å². The lowest BCUT2D eigenvalue weighted by Crippen LogP contribution is -2.26. The van der Waals surface area contributed by atoms with Crippen molar-refractivity contribution in [2.45, 2.75) is 32.1 Å². The van der Waals surface area contributed by atoms with Crippen LogP contribution in [0.15, 0.2) is 0 Å². The van der Waals surface area contributed by atoms with Crippen molar-refractivity contribution < 1.29 is 0 Å². The second-order valence-corrected chi connectivity index (χ2v) is 5.22. The molecule has 1 saturated heterocycles. The lowest BCUT2D eigenvalue weighted by atomic mass is 9.86. The van der Waals surface area contributed by atoms with E-state index in [0.717, 1.165) is 10.7 Å². The van der Waals surface area contributed by atoms with Crippen molar-refractivity contribution in [3.05, 3.63) is 0 Å². The van der Waals surface area contributed by atoms with Gasteiger partial charge in [0.15, 0.2) is 0 Å². The highest BCUT2D eigenvalue weighted by atomic mass is 79.9. The standard InChI is InChI=1S/C10H18BrN/c11-6-8-12-7-5-10(9-12)3-1-2-4-10/h1-9H2. The highest BCUT2D eigenvalue weighted by molar-refractivity contribution is 9.09. The predicted octanol–water partition coefficient (Wildman–Crippen LogP) is 2.65. The van der Waals surface area contributed by atoms with Crippen LogP contribution in [0.2, 0.25) is 0 Å². The number of likely N-dealkylation sites (tertiary alicyclic amines) is 1. The Labute approximate surface area is 83.6 Å². The first-order chi connectivity index (χ1) is 5.85. The van der Waals surface area contributed by atoms with E-state index in [0.29, 0.717) is 0 Å². The molecule has 12 heavy (non-hydrogen) atoms. The summed E-state index contributed by atoms with van der Waals surface area (Å²) in [5.74, 6) is 0. The fourth-order valence-electron chi connectivity index (χ4n) is 2.87.